The fraction of sp³-hybridized carbons (Fsp3) is 0.552. The molecule has 11 heteroatoms. The molecule has 1 N–H and O–H groups in total. The van der Waals surface area contributed by atoms with E-state index < -0.39 is 39.4 Å². The first-order chi connectivity index (χ1) is 19.1. The Labute approximate surface area is 238 Å². The van der Waals surface area contributed by atoms with Crippen LogP contribution < -0.4 is 0 Å². The van der Waals surface area contributed by atoms with E-state index in [1.807, 2.05) is 45.0 Å². The summed E-state index contributed by atoms with van der Waals surface area (Å²) in [5.74, 6) is -2.51. The first-order valence-electron chi connectivity index (χ1n) is 13.7. The number of aliphatic hydroxyl groups is 1. The zero-order valence-corrected chi connectivity index (χ0v) is 24.0. The number of ether oxygens (including phenoxy) is 1. The van der Waals surface area contributed by atoms with Crippen LogP contribution in [0.15, 0.2) is 49.6 Å². The van der Waals surface area contributed by atoms with Crippen molar-refractivity contribution in [3.8, 4) is 0 Å². The molecule has 1 aromatic heterocycles. The van der Waals surface area contributed by atoms with Crippen molar-refractivity contribution < 1.29 is 24.2 Å². The van der Waals surface area contributed by atoms with Gasteiger partial charge in [0.1, 0.15) is 24.8 Å². The monoisotopic (exact) mass is 567 g/mol. The summed E-state index contributed by atoms with van der Waals surface area (Å²) < 4.78 is 5.79. The summed E-state index contributed by atoms with van der Waals surface area (Å²) in [6.45, 7) is 13.5. The number of aromatic nitrogens is 3. The zero-order valence-electron chi connectivity index (χ0n) is 23.2. The Balaban J connectivity index is 1.58. The number of thioether (sulfide) groups is 1. The van der Waals surface area contributed by atoms with Crippen LogP contribution in [-0.2, 0) is 25.8 Å². The van der Waals surface area contributed by atoms with Crippen LogP contribution in [0.5, 0.6) is 0 Å². The molecule has 2 bridgehead atoms. The maximum absolute atomic E-state index is 14.7. The zero-order chi connectivity index (χ0) is 28.8. The molecule has 4 heterocycles. The molecule has 3 aliphatic rings. The van der Waals surface area contributed by atoms with E-state index in [1.54, 1.807) is 32.3 Å². The SMILES string of the molecule is C=CCOC(=O)[C@@H]1[C@H]2C(=O)N([C@@H](CO)C(C)C)C(C(=O)N(CC=C)Cn3nnc4ccccc43)C23CC[C@@]1(C)S3. The predicted molar refractivity (Wildman–Crippen MR) is 152 cm³/mol. The summed E-state index contributed by atoms with van der Waals surface area (Å²) in [5.41, 5.74) is 1.49. The number of fused-ring (bicyclic) bond motifs is 2. The number of nitrogens with zero attached hydrogens (tertiary/aromatic N) is 5. The lowest BCUT2D eigenvalue weighted by Gasteiger charge is -2.40. The fourth-order valence-corrected chi connectivity index (χ4v) is 9.26. The number of esters is 1. The second-order valence-electron chi connectivity index (χ2n) is 11.5. The highest BCUT2D eigenvalue weighted by atomic mass is 32.2. The first-order valence-corrected chi connectivity index (χ1v) is 14.5. The summed E-state index contributed by atoms with van der Waals surface area (Å²) in [6, 6.07) is 6.05. The Kier molecular flexibility index (Phi) is 7.56. The summed E-state index contributed by atoms with van der Waals surface area (Å²) >= 11 is 1.57. The summed E-state index contributed by atoms with van der Waals surface area (Å²) in [4.78, 5) is 45.6. The largest absolute Gasteiger partial charge is 0.461 e. The van der Waals surface area contributed by atoms with Crippen LogP contribution in [0.2, 0.25) is 0 Å². The predicted octanol–water partition coefficient (Wildman–Crippen LogP) is 2.63. The van der Waals surface area contributed by atoms with E-state index in [9.17, 15) is 19.5 Å². The molecule has 6 atom stereocenters. The van der Waals surface area contributed by atoms with E-state index in [-0.39, 0.29) is 44.2 Å². The lowest BCUT2D eigenvalue weighted by molar-refractivity contribution is -0.155. The second-order valence-corrected chi connectivity index (χ2v) is 13.4. The molecule has 3 aliphatic heterocycles. The van der Waals surface area contributed by atoms with Gasteiger partial charge in [0.2, 0.25) is 11.8 Å². The summed E-state index contributed by atoms with van der Waals surface area (Å²) in [5, 5.41) is 18.9. The molecule has 5 rings (SSSR count). The van der Waals surface area contributed by atoms with Crippen LogP contribution >= 0.6 is 11.8 Å². The van der Waals surface area contributed by atoms with Crippen molar-refractivity contribution in [2.45, 2.75) is 61.9 Å². The van der Waals surface area contributed by atoms with Gasteiger partial charge in [0.05, 0.1) is 34.7 Å². The van der Waals surface area contributed by atoms with Gasteiger partial charge in [0.25, 0.3) is 0 Å². The van der Waals surface area contributed by atoms with E-state index in [0.29, 0.717) is 18.4 Å². The van der Waals surface area contributed by atoms with Gasteiger partial charge in [0.15, 0.2) is 0 Å². The lowest BCUT2D eigenvalue weighted by atomic mass is 9.66. The molecule has 1 aromatic carbocycles. The smallest absolute Gasteiger partial charge is 0.311 e. The molecule has 214 valence electrons. The van der Waals surface area contributed by atoms with Crippen molar-refractivity contribution in [2.75, 3.05) is 19.8 Å². The minimum absolute atomic E-state index is 0.0559. The molecule has 10 nitrogen and oxygen atoms in total. The average Bonchev–Trinajstić information content (AvgIpc) is 3.63. The Morgan fingerprint density at radius 1 is 1.27 bits per heavy atom. The number of hydrogen-bond acceptors (Lipinski definition) is 8. The first kappa shape index (κ1) is 28.4. The van der Waals surface area contributed by atoms with Crippen LogP contribution in [0.3, 0.4) is 0 Å². The van der Waals surface area contributed by atoms with Gasteiger partial charge in [-0.2, -0.15) is 0 Å². The highest BCUT2D eigenvalue weighted by Gasteiger charge is 2.78. The van der Waals surface area contributed by atoms with Crippen molar-refractivity contribution >= 4 is 40.6 Å². The van der Waals surface area contributed by atoms with Crippen LogP contribution in [0, 0.1) is 17.8 Å². The highest BCUT2D eigenvalue weighted by Crippen LogP contribution is 2.72. The van der Waals surface area contributed by atoms with Gasteiger partial charge in [-0.05, 0) is 37.8 Å². The lowest BCUT2D eigenvalue weighted by Crippen LogP contribution is -2.58. The Morgan fingerprint density at radius 3 is 2.70 bits per heavy atom. The van der Waals surface area contributed by atoms with Crippen molar-refractivity contribution in [3.05, 3.63) is 49.6 Å². The molecule has 2 unspecified atom stereocenters. The van der Waals surface area contributed by atoms with Gasteiger partial charge in [-0.3, -0.25) is 14.4 Å². The van der Waals surface area contributed by atoms with Crippen molar-refractivity contribution in [1.29, 1.82) is 0 Å². The van der Waals surface area contributed by atoms with Crippen LogP contribution in [0.4, 0.5) is 0 Å². The molecule has 40 heavy (non-hydrogen) atoms. The number of para-hydroxylation sites is 1. The second kappa shape index (κ2) is 10.7. The summed E-state index contributed by atoms with van der Waals surface area (Å²) in [6.07, 6.45) is 4.43. The molecule has 0 radical (unpaired) electrons. The molecule has 1 spiro atoms. The van der Waals surface area contributed by atoms with Crippen LogP contribution in [-0.4, -0.2) is 89.0 Å². The third kappa shape index (κ3) is 4.25. The fourth-order valence-electron chi connectivity index (χ4n) is 6.94. The Hall–Kier alpha value is -3.18. The van der Waals surface area contributed by atoms with Crippen LogP contribution in [0.25, 0.3) is 11.0 Å². The minimum Gasteiger partial charge on any atom is -0.461 e. The number of hydrogen-bond donors (Lipinski definition) is 1. The molecule has 0 saturated carbocycles. The number of carbonyl (C=O) groups is 3. The van der Waals surface area contributed by atoms with Gasteiger partial charge in [-0.25, -0.2) is 4.68 Å². The average molecular weight is 568 g/mol. The van der Waals surface area contributed by atoms with Crippen LogP contribution in [0.1, 0.15) is 33.6 Å². The van der Waals surface area contributed by atoms with Gasteiger partial charge in [0, 0.05) is 11.3 Å². The van der Waals surface area contributed by atoms with Gasteiger partial charge >= 0.3 is 5.97 Å². The molecular weight excluding hydrogens is 530 g/mol. The highest BCUT2D eigenvalue weighted by molar-refractivity contribution is 8.02. The van der Waals surface area contributed by atoms with E-state index in [2.05, 4.69) is 23.5 Å². The Morgan fingerprint density at radius 2 is 2.02 bits per heavy atom. The van der Waals surface area contributed by atoms with Gasteiger partial charge in [-0.15, -0.1) is 23.4 Å². The quantitative estimate of drug-likeness (QED) is 0.325. The topological polar surface area (TPSA) is 118 Å². The number of amides is 2. The normalized spacial score (nSPS) is 29.6. The van der Waals surface area contributed by atoms with Gasteiger partial charge < -0.3 is 19.6 Å². The van der Waals surface area contributed by atoms with Crippen molar-refractivity contribution in [2.24, 2.45) is 17.8 Å². The van der Waals surface area contributed by atoms with E-state index in [0.717, 1.165) is 5.52 Å². The number of rotatable bonds is 11. The number of likely N-dealkylation sites (tertiary alicyclic amines) is 1. The number of carbonyl (C=O) groups excluding carboxylic acids is 3. The minimum atomic E-state index is -0.872. The molecule has 2 amide bonds. The maximum Gasteiger partial charge on any atom is 0.311 e. The molecule has 3 fully saturated rings. The standard InChI is InChI=1S/C29H37N5O5S/c1-6-14-32(17-33-20-11-9-8-10-19(20)30-31-33)26(37)24-29-13-12-28(5,40-29)23(27(38)39-15-7-2)22(29)25(36)34(24)21(16-35)18(3)4/h6-11,18,21-24,35H,1-2,12-17H2,3-5H3/t21-,22-,23-,24?,28+,29?/m0/s1. The Bertz CT molecular complexity index is 1350. The van der Waals surface area contributed by atoms with Crippen molar-refractivity contribution in [3.63, 3.8) is 0 Å². The number of aliphatic hydroxyl groups excluding tert-OH is 1. The third-order valence-corrected chi connectivity index (χ3v) is 10.7. The number of benzene rings is 1. The molecule has 0 aliphatic carbocycles. The van der Waals surface area contributed by atoms with Gasteiger partial charge in [-0.1, -0.05) is 49.9 Å². The molecule has 2 aromatic rings. The summed E-state index contributed by atoms with van der Waals surface area (Å²) in [7, 11) is 0. The molecule has 3 saturated heterocycles. The molecular formula is C29H37N5O5S. The maximum atomic E-state index is 14.7. The van der Waals surface area contributed by atoms with E-state index in [4.69, 9.17) is 4.74 Å². The third-order valence-electron chi connectivity index (χ3n) is 8.75. The van der Waals surface area contributed by atoms with Crippen molar-refractivity contribution in [1.82, 2.24) is 24.8 Å². The van der Waals surface area contributed by atoms with E-state index in [1.165, 1.54) is 6.08 Å². The van der Waals surface area contributed by atoms with E-state index >= 15 is 0 Å².